The van der Waals surface area contributed by atoms with E-state index in [4.69, 9.17) is 17.3 Å². The van der Waals surface area contributed by atoms with Crippen molar-refractivity contribution in [2.45, 2.75) is 12.5 Å². The van der Waals surface area contributed by atoms with E-state index in [2.05, 4.69) is 0 Å². The van der Waals surface area contributed by atoms with Gasteiger partial charge in [-0.05, 0) is 12.5 Å². The molecule has 0 bridgehead atoms. The van der Waals surface area contributed by atoms with E-state index in [-0.39, 0.29) is 28.3 Å². The highest BCUT2D eigenvalue weighted by Crippen LogP contribution is 2.31. The molecule has 1 atom stereocenters. The SMILES string of the molecule is CN(c1cc(Cl)c(F)cc1N)C1CCS(=O)(=O)C1. The molecule has 1 aromatic rings. The number of hydrogen-bond acceptors (Lipinski definition) is 4. The Balaban J connectivity index is 2.30. The number of rotatable bonds is 2. The largest absolute Gasteiger partial charge is 0.397 e. The van der Waals surface area contributed by atoms with Crippen LogP contribution in [0.1, 0.15) is 6.42 Å². The molecular weight excluding hydrogens is 279 g/mol. The monoisotopic (exact) mass is 292 g/mol. The summed E-state index contributed by atoms with van der Waals surface area (Å²) in [5, 5.41) is -0.0214. The Labute approximate surface area is 110 Å². The van der Waals surface area contributed by atoms with Crippen molar-refractivity contribution in [3.8, 4) is 0 Å². The van der Waals surface area contributed by atoms with Crippen molar-refractivity contribution >= 4 is 32.8 Å². The van der Waals surface area contributed by atoms with Gasteiger partial charge in [-0.3, -0.25) is 0 Å². The van der Waals surface area contributed by atoms with Crippen molar-refractivity contribution in [1.29, 1.82) is 0 Å². The molecule has 100 valence electrons. The van der Waals surface area contributed by atoms with Crippen LogP contribution >= 0.6 is 11.6 Å². The summed E-state index contributed by atoms with van der Waals surface area (Å²) in [6.45, 7) is 0. The Bertz CT molecular complexity index is 577. The van der Waals surface area contributed by atoms with Crippen molar-refractivity contribution in [3.05, 3.63) is 23.0 Å². The van der Waals surface area contributed by atoms with Crippen LogP contribution in [0.25, 0.3) is 0 Å². The van der Waals surface area contributed by atoms with Gasteiger partial charge in [-0.25, -0.2) is 12.8 Å². The minimum absolute atomic E-state index is 0.0214. The first-order chi connectivity index (χ1) is 8.30. The lowest BCUT2D eigenvalue weighted by Gasteiger charge is -2.27. The Kier molecular flexibility index (Phi) is 3.42. The van der Waals surface area contributed by atoms with Gasteiger partial charge in [-0.1, -0.05) is 11.6 Å². The summed E-state index contributed by atoms with van der Waals surface area (Å²) < 4.78 is 36.1. The molecule has 0 amide bonds. The van der Waals surface area contributed by atoms with Gasteiger partial charge < -0.3 is 10.6 Å². The van der Waals surface area contributed by atoms with Crippen LogP contribution in [-0.2, 0) is 9.84 Å². The van der Waals surface area contributed by atoms with E-state index in [9.17, 15) is 12.8 Å². The van der Waals surface area contributed by atoms with Gasteiger partial charge in [0.1, 0.15) is 5.82 Å². The van der Waals surface area contributed by atoms with Crippen LogP contribution in [-0.4, -0.2) is 33.0 Å². The van der Waals surface area contributed by atoms with Gasteiger partial charge in [0.15, 0.2) is 9.84 Å². The van der Waals surface area contributed by atoms with Crippen LogP contribution in [0.15, 0.2) is 12.1 Å². The zero-order valence-electron chi connectivity index (χ0n) is 9.86. The molecule has 4 nitrogen and oxygen atoms in total. The molecule has 0 aromatic heterocycles. The van der Waals surface area contributed by atoms with E-state index >= 15 is 0 Å². The van der Waals surface area contributed by atoms with Crippen molar-refractivity contribution in [1.82, 2.24) is 0 Å². The molecular formula is C11H14ClFN2O2S. The van der Waals surface area contributed by atoms with Gasteiger partial charge in [0.05, 0.1) is 27.9 Å². The Morgan fingerprint density at radius 2 is 2.17 bits per heavy atom. The van der Waals surface area contributed by atoms with Crippen LogP contribution in [0.5, 0.6) is 0 Å². The standard InChI is InChI=1S/C11H14ClFN2O2S/c1-15(7-2-3-18(16,17)6-7)11-4-8(12)9(13)5-10(11)14/h4-5,7H,2-3,6,14H2,1H3. The smallest absolute Gasteiger partial charge is 0.152 e. The molecule has 1 unspecified atom stereocenters. The van der Waals surface area contributed by atoms with Crippen LogP contribution in [0, 0.1) is 5.82 Å². The molecule has 0 radical (unpaired) electrons. The molecule has 2 rings (SSSR count). The van der Waals surface area contributed by atoms with Crippen molar-refractivity contribution in [2.75, 3.05) is 29.2 Å². The van der Waals surface area contributed by atoms with Gasteiger partial charge in [0.2, 0.25) is 0 Å². The predicted molar refractivity (Wildman–Crippen MR) is 71.3 cm³/mol. The Morgan fingerprint density at radius 1 is 1.50 bits per heavy atom. The average Bonchev–Trinajstić information content (AvgIpc) is 2.63. The number of hydrogen-bond donors (Lipinski definition) is 1. The van der Waals surface area contributed by atoms with Crippen LogP contribution in [0.3, 0.4) is 0 Å². The summed E-state index contributed by atoms with van der Waals surface area (Å²) in [4.78, 5) is 1.76. The molecule has 2 N–H and O–H groups in total. The topological polar surface area (TPSA) is 63.4 Å². The minimum Gasteiger partial charge on any atom is -0.397 e. The molecule has 1 aromatic carbocycles. The Morgan fingerprint density at radius 3 is 2.72 bits per heavy atom. The molecule has 1 saturated heterocycles. The van der Waals surface area contributed by atoms with Crippen LogP contribution in [0.2, 0.25) is 5.02 Å². The normalized spacial score (nSPS) is 22.1. The number of anilines is 2. The van der Waals surface area contributed by atoms with E-state index in [0.29, 0.717) is 12.1 Å². The molecule has 1 aliphatic rings. The third kappa shape index (κ3) is 2.54. The number of nitrogen functional groups attached to an aromatic ring is 1. The van der Waals surface area contributed by atoms with E-state index < -0.39 is 15.7 Å². The lowest BCUT2D eigenvalue weighted by Crippen LogP contribution is -2.33. The lowest BCUT2D eigenvalue weighted by atomic mass is 10.2. The molecule has 18 heavy (non-hydrogen) atoms. The summed E-state index contributed by atoms with van der Waals surface area (Å²) >= 11 is 5.72. The second-order valence-corrected chi connectivity index (χ2v) is 7.13. The number of nitrogens with two attached hydrogens (primary N) is 1. The molecule has 0 saturated carbocycles. The van der Waals surface area contributed by atoms with Crippen molar-refractivity contribution in [2.24, 2.45) is 0 Å². The minimum atomic E-state index is -2.97. The van der Waals surface area contributed by atoms with E-state index in [0.717, 1.165) is 6.07 Å². The highest BCUT2D eigenvalue weighted by Gasteiger charge is 2.31. The number of sulfone groups is 1. The molecule has 0 spiro atoms. The summed E-state index contributed by atoms with van der Waals surface area (Å²) in [6.07, 6.45) is 0.549. The van der Waals surface area contributed by atoms with Gasteiger partial charge in [0, 0.05) is 19.2 Å². The first-order valence-electron chi connectivity index (χ1n) is 5.48. The Hall–Kier alpha value is -1.01. The number of halogens is 2. The maximum Gasteiger partial charge on any atom is 0.152 e. The van der Waals surface area contributed by atoms with Crippen LogP contribution < -0.4 is 10.6 Å². The summed E-state index contributed by atoms with van der Waals surface area (Å²) in [5.41, 5.74) is 6.55. The lowest BCUT2D eigenvalue weighted by molar-refractivity contribution is 0.600. The first kappa shape index (κ1) is 13.4. The maximum atomic E-state index is 13.2. The average molecular weight is 293 g/mol. The zero-order chi connectivity index (χ0) is 13.5. The molecule has 0 aliphatic carbocycles. The second kappa shape index (κ2) is 4.59. The number of nitrogens with zero attached hydrogens (tertiary/aromatic N) is 1. The number of benzene rings is 1. The molecule has 1 fully saturated rings. The van der Waals surface area contributed by atoms with Crippen molar-refractivity contribution in [3.63, 3.8) is 0 Å². The summed E-state index contributed by atoms with van der Waals surface area (Å²) in [5.74, 6) is -0.306. The quantitative estimate of drug-likeness (QED) is 0.843. The second-order valence-electron chi connectivity index (χ2n) is 4.49. The molecule has 7 heteroatoms. The fourth-order valence-corrected chi connectivity index (χ4v) is 4.07. The van der Waals surface area contributed by atoms with Gasteiger partial charge in [-0.15, -0.1) is 0 Å². The fourth-order valence-electron chi connectivity index (χ4n) is 2.13. The third-order valence-corrected chi connectivity index (χ3v) is 5.25. The summed E-state index contributed by atoms with van der Waals surface area (Å²) in [7, 11) is -1.23. The van der Waals surface area contributed by atoms with Crippen LogP contribution in [0.4, 0.5) is 15.8 Å². The first-order valence-corrected chi connectivity index (χ1v) is 7.68. The predicted octanol–water partition coefficient (Wildman–Crippen LogP) is 1.68. The summed E-state index contributed by atoms with van der Waals surface area (Å²) in [6, 6.07) is 2.44. The van der Waals surface area contributed by atoms with Gasteiger partial charge >= 0.3 is 0 Å². The van der Waals surface area contributed by atoms with E-state index in [1.54, 1.807) is 11.9 Å². The highest BCUT2D eigenvalue weighted by molar-refractivity contribution is 7.91. The molecule has 1 aliphatic heterocycles. The highest BCUT2D eigenvalue weighted by atomic mass is 35.5. The van der Waals surface area contributed by atoms with Gasteiger partial charge in [0.25, 0.3) is 0 Å². The van der Waals surface area contributed by atoms with E-state index in [1.807, 2.05) is 0 Å². The molecule has 1 heterocycles. The van der Waals surface area contributed by atoms with Gasteiger partial charge in [-0.2, -0.15) is 0 Å². The zero-order valence-corrected chi connectivity index (χ0v) is 11.4. The van der Waals surface area contributed by atoms with E-state index in [1.165, 1.54) is 6.07 Å². The maximum absolute atomic E-state index is 13.2. The van der Waals surface area contributed by atoms with Crippen molar-refractivity contribution < 1.29 is 12.8 Å². The fraction of sp³-hybridized carbons (Fsp3) is 0.455. The third-order valence-electron chi connectivity index (χ3n) is 3.21.